The number of imidazole rings is 1. The fourth-order valence-electron chi connectivity index (χ4n) is 1.55. The van der Waals surface area contributed by atoms with Gasteiger partial charge in [-0.15, -0.1) is 0 Å². The first-order valence-corrected chi connectivity index (χ1v) is 5.45. The highest BCUT2D eigenvalue weighted by Gasteiger charge is 2.11. The van der Waals surface area contributed by atoms with Gasteiger partial charge in [-0.05, 0) is 6.42 Å². The van der Waals surface area contributed by atoms with Crippen LogP contribution in [0.25, 0.3) is 0 Å². The molecule has 0 amide bonds. The maximum Gasteiger partial charge on any atom is 0.245 e. The molecule has 0 radical (unpaired) electrons. The summed E-state index contributed by atoms with van der Waals surface area (Å²) in [6, 6.07) is 0. The van der Waals surface area contributed by atoms with Crippen LogP contribution in [0.3, 0.4) is 0 Å². The van der Waals surface area contributed by atoms with Gasteiger partial charge in [-0.2, -0.15) is 0 Å². The second-order valence-corrected chi connectivity index (χ2v) is 3.86. The van der Waals surface area contributed by atoms with Crippen LogP contribution in [-0.2, 0) is 7.05 Å². The lowest BCUT2D eigenvalue weighted by molar-refractivity contribution is -0.671. The molecule has 0 aromatic carbocycles. The molecule has 1 heterocycles. The Morgan fingerprint density at radius 3 is 2.60 bits per heavy atom. The normalized spacial score (nSPS) is 12.2. The minimum atomic E-state index is -0.354. The first-order valence-electron chi connectivity index (χ1n) is 5.45. The van der Waals surface area contributed by atoms with Crippen molar-refractivity contribution in [1.29, 1.82) is 0 Å². The smallest absolute Gasteiger partial charge is 0.245 e. The molecule has 88 valence electrons. The molecule has 3 nitrogen and oxygen atoms in total. The van der Waals surface area contributed by atoms with Crippen molar-refractivity contribution in [2.45, 2.75) is 45.3 Å². The Morgan fingerprint density at radius 2 is 2.07 bits per heavy atom. The molecule has 0 fully saturated rings. The molecule has 0 saturated carbocycles. The maximum absolute atomic E-state index is 9.78. The third-order valence-electron chi connectivity index (χ3n) is 2.45. The molecule has 0 aliphatic carbocycles. The molecule has 1 atom stereocenters. The highest BCUT2D eigenvalue weighted by Crippen LogP contribution is 2.12. The van der Waals surface area contributed by atoms with E-state index >= 15 is 0 Å². The summed E-state index contributed by atoms with van der Waals surface area (Å²) in [4.78, 5) is 0. The number of aliphatic hydroxyl groups is 1. The van der Waals surface area contributed by atoms with Crippen molar-refractivity contribution in [3.05, 3.63) is 18.7 Å². The summed E-state index contributed by atoms with van der Waals surface area (Å²) in [6.07, 6.45) is 11.1. The Kier molecular flexibility index (Phi) is 8.04. The van der Waals surface area contributed by atoms with Gasteiger partial charge >= 0.3 is 0 Å². The van der Waals surface area contributed by atoms with E-state index in [1.807, 2.05) is 34.9 Å². The van der Waals surface area contributed by atoms with Crippen LogP contribution in [0.15, 0.2) is 18.7 Å². The molecule has 0 aliphatic heterocycles. The number of hydrogen-bond donors (Lipinski definition) is 1. The average Bonchev–Trinajstić information content (AvgIpc) is 2.59. The van der Waals surface area contributed by atoms with E-state index in [-0.39, 0.29) is 30.2 Å². The number of unbranched alkanes of at least 4 members (excludes halogenated alkanes) is 3. The van der Waals surface area contributed by atoms with Gasteiger partial charge in [0, 0.05) is 6.42 Å². The van der Waals surface area contributed by atoms with E-state index in [9.17, 15) is 5.11 Å². The predicted octanol–water partition coefficient (Wildman–Crippen LogP) is -1.22. The summed E-state index contributed by atoms with van der Waals surface area (Å²) >= 11 is 0. The molecule has 1 aromatic heterocycles. The molecule has 0 saturated heterocycles. The number of aryl methyl sites for hydroxylation is 1. The van der Waals surface area contributed by atoms with Gasteiger partial charge in [0.25, 0.3) is 0 Å². The third-order valence-corrected chi connectivity index (χ3v) is 2.45. The van der Waals surface area contributed by atoms with Crippen LogP contribution in [0.1, 0.15) is 45.3 Å². The summed E-state index contributed by atoms with van der Waals surface area (Å²) in [5, 5.41) is 9.78. The Hall–Kier alpha value is -0.100. The molecule has 1 N–H and O–H groups in total. The minimum absolute atomic E-state index is 0. The number of hydrogen-bond acceptors (Lipinski definition) is 1. The van der Waals surface area contributed by atoms with E-state index in [1.165, 1.54) is 19.3 Å². The van der Waals surface area contributed by atoms with Crippen LogP contribution >= 0.6 is 0 Å². The van der Waals surface area contributed by atoms with Crippen molar-refractivity contribution in [2.24, 2.45) is 7.05 Å². The van der Waals surface area contributed by atoms with Crippen molar-refractivity contribution < 1.29 is 33.7 Å². The van der Waals surface area contributed by atoms with Crippen molar-refractivity contribution in [2.75, 3.05) is 0 Å². The van der Waals surface area contributed by atoms with E-state index in [2.05, 4.69) is 6.92 Å². The monoisotopic (exact) mass is 324 g/mol. The van der Waals surface area contributed by atoms with E-state index < -0.39 is 0 Å². The summed E-state index contributed by atoms with van der Waals surface area (Å²) < 4.78 is 3.79. The maximum atomic E-state index is 9.78. The van der Waals surface area contributed by atoms with E-state index in [0.717, 1.165) is 12.8 Å². The second-order valence-electron chi connectivity index (χ2n) is 3.86. The summed E-state index contributed by atoms with van der Waals surface area (Å²) in [7, 11) is 1.96. The number of nitrogens with zero attached hydrogens (tertiary/aromatic N) is 2. The summed E-state index contributed by atoms with van der Waals surface area (Å²) in [6.45, 7) is 2.20. The molecule has 1 unspecified atom stereocenters. The molecule has 4 heteroatoms. The Labute approximate surface area is 109 Å². The second kappa shape index (κ2) is 8.10. The first-order chi connectivity index (χ1) is 6.74. The number of halogens is 1. The predicted molar refractivity (Wildman–Crippen MR) is 55.6 cm³/mol. The quantitative estimate of drug-likeness (QED) is 0.397. The van der Waals surface area contributed by atoms with Crippen LogP contribution in [0.2, 0.25) is 0 Å². The first kappa shape index (κ1) is 14.9. The summed E-state index contributed by atoms with van der Waals surface area (Å²) in [5.74, 6) is 0. The van der Waals surface area contributed by atoms with Crippen LogP contribution in [0.5, 0.6) is 0 Å². The van der Waals surface area contributed by atoms with Gasteiger partial charge in [0.05, 0.1) is 7.05 Å². The fourth-order valence-corrected chi connectivity index (χ4v) is 1.55. The van der Waals surface area contributed by atoms with Gasteiger partial charge in [-0.3, -0.25) is 0 Å². The van der Waals surface area contributed by atoms with E-state index in [0.29, 0.717) is 0 Å². The third kappa shape index (κ3) is 5.51. The standard InChI is InChI=1S/C11H21N2O.HI/c1-3-4-5-6-7-11(14)13-9-8-12(2)10-13;/h8-11,14H,3-7H2,1-2H3;1H/q+1;/p-1. The Balaban J connectivity index is 0.00000196. The van der Waals surface area contributed by atoms with Gasteiger partial charge < -0.3 is 29.1 Å². The van der Waals surface area contributed by atoms with Crippen LogP contribution in [-0.4, -0.2) is 9.67 Å². The van der Waals surface area contributed by atoms with Gasteiger partial charge in [0.2, 0.25) is 6.33 Å². The van der Waals surface area contributed by atoms with Crippen LogP contribution in [0, 0.1) is 0 Å². The lowest BCUT2D eigenvalue weighted by Gasteiger charge is -2.05. The molecule has 0 aliphatic rings. The fraction of sp³-hybridized carbons (Fsp3) is 0.727. The zero-order valence-corrected chi connectivity index (χ0v) is 11.7. The van der Waals surface area contributed by atoms with E-state index in [4.69, 9.17) is 0 Å². The molecule has 1 rings (SSSR count). The van der Waals surface area contributed by atoms with Crippen LogP contribution < -0.4 is 28.5 Å². The number of aliphatic hydroxyl groups excluding tert-OH is 1. The lowest BCUT2D eigenvalue weighted by atomic mass is 10.1. The van der Waals surface area contributed by atoms with Crippen molar-refractivity contribution in [3.8, 4) is 0 Å². The molecule has 0 bridgehead atoms. The van der Waals surface area contributed by atoms with Crippen molar-refractivity contribution in [1.82, 2.24) is 4.57 Å². The molecule has 0 spiro atoms. The van der Waals surface area contributed by atoms with Gasteiger partial charge in [0.1, 0.15) is 12.4 Å². The average molecular weight is 324 g/mol. The van der Waals surface area contributed by atoms with Crippen molar-refractivity contribution in [3.63, 3.8) is 0 Å². The highest BCUT2D eigenvalue weighted by molar-refractivity contribution is 4.69. The lowest BCUT2D eigenvalue weighted by Crippen LogP contribution is -3.00. The number of aromatic nitrogens is 2. The highest BCUT2D eigenvalue weighted by atomic mass is 127. The van der Waals surface area contributed by atoms with Gasteiger partial charge in [-0.1, -0.05) is 26.2 Å². The van der Waals surface area contributed by atoms with Gasteiger partial charge in [-0.25, -0.2) is 9.13 Å². The van der Waals surface area contributed by atoms with Gasteiger partial charge in [0.15, 0.2) is 6.23 Å². The zero-order valence-electron chi connectivity index (χ0n) is 9.56. The zero-order chi connectivity index (χ0) is 10.4. The van der Waals surface area contributed by atoms with E-state index in [1.54, 1.807) is 0 Å². The van der Waals surface area contributed by atoms with Crippen molar-refractivity contribution >= 4 is 0 Å². The minimum Gasteiger partial charge on any atom is -1.00 e. The molecule has 1 aromatic rings. The topological polar surface area (TPSA) is 29.0 Å². The molecular formula is C11H21IN2O. The Morgan fingerprint density at radius 1 is 1.33 bits per heavy atom. The SMILES string of the molecule is CCCCCCC(O)n1cc[n+](C)c1.[I-]. The Bertz CT molecular complexity index is 263. The number of rotatable bonds is 6. The van der Waals surface area contributed by atoms with Crippen LogP contribution in [0.4, 0.5) is 0 Å². The molecular weight excluding hydrogens is 303 g/mol. The molecule has 15 heavy (non-hydrogen) atoms. The summed E-state index contributed by atoms with van der Waals surface area (Å²) in [5.41, 5.74) is 0. The largest absolute Gasteiger partial charge is 1.00 e.